The van der Waals surface area contributed by atoms with Gasteiger partial charge in [-0.2, -0.15) is 0 Å². The molecule has 1 aliphatic heterocycles. The molecule has 1 atom stereocenters. The number of aromatic amines is 1. The van der Waals surface area contributed by atoms with Crippen molar-refractivity contribution in [3.63, 3.8) is 0 Å². The quantitative estimate of drug-likeness (QED) is 0.684. The van der Waals surface area contributed by atoms with E-state index in [9.17, 15) is 9.59 Å². The van der Waals surface area contributed by atoms with E-state index in [4.69, 9.17) is 0 Å². The fourth-order valence-electron chi connectivity index (χ4n) is 3.19. The lowest BCUT2D eigenvalue weighted by atomic mass is 10.0. The molecule has 2 amide bonds. The van der Waals surface area contributed by atoms with Crippen molar-refractivity contribution in [2.75, 3.05) is 19.6 Å². The van der Waals surface area contributed by atoms with E-state index in [2.05, 4.69) is 44.6 Å². The van der Waals surface area contributed by atoms with Gasteiger partial charge in [-0.3, -0.25) is 14.5 Å². The zero-order chi connectivity index (χ0) is 18.4. The molecule has 0 bridgehead atoms. The van der Waals surface area contributed by atoms with E-state index in [1.165, 1.54) is 11.1 Å². The van der Waals surface area contributed by atoms with E-state index in [1.807, 2.05) is 12.1 Å². The minimum atomic E-state index is -0.435. The average molecular weight is 355 g/mol. The van der Waals surface area contributed by atoms with E-state index in [0.717, 1.165) is 12.2 Å². The molecule has 1 saturated heterocycles. The number of carbonyl (C=O) groups is 2. The topological polar surface area (TPSA) is 90.1 Å². The van der Waals surface area contributed by atoms with Gasteiger partial charge in [0.15, 0.2) is 0 Å². The van der Waals surface area contributed by atoms with Crippen LogP contribution in [0.5, 0.6) is 0 Å². The maximum absolute atomic E-state index is 12.3. The van der Waals surface area contributed by atoms with Crippen LogP contribution in [0.25, 0.3) is 0 Å². The maximum Gasteiger partial charge on any atom is 0.237 e. The highest BCUT2D eigenvalue weighted by Gasteiger charge is 2.31. The van der Waals surface area contributed by atoms with Gasteiger partial charge in [0.2, 0.25) is 11.8 Å². The van der Waals surface area contributed by atoms with Crippen LogP contribution in [0.4, 0.5) is 0 Å². The largest absolute Gasteiger partial charge is 0.356 e. The van der Waals surface area contributed by atoms with Crippen LogP contribution in [0, 0.1) is 6.92 Å². The summed E-state index contributed by atoms with van der Waals surface area (Å²) in [5.74, 6) is -0.185. The normalized spacial score (nSPS) is 17.7. The van der Waals surface area contributed by atoms with Gasteiger partial charge in [0, 0.05) is 44.5 Å². The van der Waals surface area contributed by atoms with E-state index in [0.29, 0.717) is 26.1 Å². The predicted molar refractivity (Wildman–Crippen MR) is 98.3 cm³/mol. The number of amides is 2. The Morgan fingerprint density at radius 1 is 1.38 bits per heavy atom. The lowest BCUT2D eigenvalue weighted by Crippen LogP contribution is -2.56. The van der Waals surface area contributed by atoms with Crippen molar-refractivity contribution in [3.8, 4) is 0 Å². The second-order valence-corrected chi connectivity index (χ2v) is 6.58. The first kappa shape index (κ1) is 18.1. The number of hydrogen-bond donors (Lipinski definition) is 3. The first-order chi connectivity index (χ1) is 12.6. The number of nitrogens with zero attached hydrogens (tertiary/aromatic N) is 2. The van der Waals surface area contributed by atoms with Crippen LogP contribution in [0.2, 0.25) is 0 Å². The molecule has 138 valence electrons. The third-order valence-corrected chi connectivity index (χ3v) is 4.73. The third kappa shape index (κ3) is 4.70. The summed E-state index contributed by atoms with van der Waals surface area (Å²) in [5, 5.41) is 5.76. The lowest BCUT2D eigenvalue weighted by Gasteiger charge is -2.35. The molecule has 3 N–H and O–H groups in total. The molecule has 0 saturated carbocycles. The molecule has 2 heterocycles. The molecule has 0 unspecified atom stereocenters. The third-order valence-electron chi connectivity index (χ3n) is 4.73. The molecular weight excluding hydrogens is 330 g/mol. The second-order valence-electron chi connectivity index (χ2n) is 6.58. The summed E-state index contributed by atoms with van der Waals surface area (Å²) in [6, 6.07) is 7.71. The monoisotopic (exact) mass is 355 g/mol. The van der Waals surface area contributed by atoms with Crippen molar-refractivity contribution in [2.24, 2.45) is 0 Å². The Labute approximate surface area is 153 Å². The zero-order valence-electron chi connectivity index (χ0n) is 15.0. The molecule has 7 heteroatoms. The highest BCUT2D eigenvalue weighted by Crippen LogP contribution is 2.16. The summed E-state index contributed by atoms with van der Waals surface area (Å²) in [6.45, 7) is 4.62. The molecule has 0 radical (unpaired) electrons. The van der Waals surface area contributed by atoms with Gasteiger partial charge in [-0.1, -0.05) is 24.3 Å². The first-order valence-corrected chi connectivity index (χ1v) is 8.93. The fourth-order valence-corrected chi connectivity index (χ4v) is 3.19. The summed E-state index contributed by atoms with van der Waals surface area (Å²) in [4.78, 5) is 33.7. The SMILES string of the molecule is Cc1ccccc1CN1CCNC(=O)[C@H]1CC(=O)NCCc1cnc[nH]1. The number of H-pyrrole nitrogens is 1. The van der Waals surface area contributed by atoms with E-state index in [1.54, 1.807) is 12.5 Å². The number of aromatic nitrogens is 2. The number of imidazole rings is 1. The van der Waals surface area contributed by atoms with Gasteiger partial charge < -0.3 is 15.6 Å². The number of aryl methyl sites for hydroxylation is 1. The molecule has 26 heavy (non-hydrogen) atoms. The Morgan fingerprint density at radius 2 is 2.23 bits per heavy atom. The molecule has 2 aromatic rings. The van der Waals surface area contributed by atoms with Gasteiger partial charge >= 0.3 is 0 Å². The van der Waals surface area contributed by atoms with E-state index in [-0.39, 0.29) is 18.2 Å². The van der Waals surface area contributed by atoms with Gasteiger partial charge in [-0.05, 0) is 18.1 Å². The summed E-state index contributed by atoms with van der Waals surface area (Å²) in [7, 11) is 0. The standard InChI is InChI=1S/C19H25N5O2/c1-14-4-2-3-5-15(14)12-24-9-8-22-19(26)17(24)10-18(25)21-7-6-16-11-20-13-23-16/h2-5,11,13,17H,6-10,12H2,1H3,(H,20,23)(H,21,25)(H,22,26)/t17-/m1/s1. The van der Waals surface area contributed by atoms with Gasteiger partial charge in [-0.15, -0.1) is 0 Å². The van der Waals surface area contributed by atoms with Crippen molar-refractivity contribution in [1.82, 2.24) is 25.5 Å². The molecular formula is C19H25N5O2. The molecule has 0 spiro atoms. The Kier molecular flexibility index (Phi) is 6.01. The Bertz CT molecular complexity index is 744. The van der Waals surface area contributed by atoms with Gasteiger partial charge in [0.05, 0.1) is 18.8 Å². The number of piperazine rings is 1. The molecule has 7 nitrogen and oxygen atoms in total. The van der Waals surface area contributed by atoms with Crippen molar-refractivity contribution < 1.29 is 9.59 Å². The van der Waals surface area contributed by atoms with E-state index < -0.39 is 6.04 Å². The number of nitrogens with one attached hydrogen (secondary N) is 3. The van der Waals surface area contributed by atoms with Gasteiger partial charge in [-0.25, -0.2) is 4.98 Å². The average Bonchev–Trinajstić information content (AvgIpc) is 3.13. The zero-order valence-corrected chi connectivity index (χ0v) is 15.0. The second kappa shape index (κ2) is 8.62. The smallest absolute Gasteiger partial charge is 0.237 e. The highest BCUT2D eigenvalue weighted by atomic mass is 16.2. The number of benzene rings is 1. The van der Waals surface area contributed by atoms with Crippen LogP contribution < -0.4 is 10.6 Å². The van der Waals surface area contributed by atoms with Crippen LogP contribution in [-0.4, -0.2) is 52.4 Å². The van der Waals surface area contributed by atoms with Crippen LogP contribution in [0.1, 0.15) is 23.2 Å². The molecule has 1 aliphatic rings. The van der Waals surface area contributed by atoms with Gasteiger partial charge in [0.25, 0.3) is 0 Å². The molecule has 1 aromatic carbocycles. The summed E-state index contributed by atoms with van der Waals surface area (Å²) >= 11 is 0. The summed E-state index contributed by atoms with van der Waals surface area (Å²) in [5.41, 5.74) is 3.36. The Hall–Kier alpha value is -2.67. The molecule has 1 fully saturated rings. The Balaban J connectivity index is 1.56. The van der Waals surface area contributed by atoms with Crippen molar-refractivity contribution in [3.05, 3.63) is 53.6 Å². The molecule has 3 rings (SSSR count). The van der Waals surface area contributed by atoms with Crippen LogP contribution >= 0.6 is 0 Å². The van der Waals surface area contributed by atoms with Crippen LogP contribution in [0.3, 0.4) is 0 Å². The summed E-state index contributed by atoms with van der Waals surface area (Å²) in [6.07, 6.45) is 4.22. The predicted octanol–water partition coefficient (Wildman–Crippen LogP) is 0.768. The van der Waals surface area contributed by atoms with Crippen molar-refractivity contribution >= 4 is 11.8 Å². The highest BCUT2D eigenvalue weighted by molar-refractivity contribution is 5.88. The molecule has 1 aromatic heterocycles. The first-order valence-electron chi connectivity index (χ1n) is 8.93. The Morgan fingerprint density at radius 3 is 3.00 bits per heavy atom. The number of carbonyl (C=O) groups excluding carboxylic acids is 2. The minimum absolute atomic E-state index is 0.0754. The van der Waals surface area contributed by atoms with Crippen LogP contribution in [0.15, 0.2) is 36.8 Å². The fraction of sp³-hybridized carbons (Fsp3) is 0.421. The van der Waals surface area contributed by atoms with Crippen LogP contribution in [-0.2, 0) is 22.6 Å². The lowest BCUT2D eigenvalue weighted by molar-refractivity contribution is -0.134. The van der Waals surface area contributed by atoms with Gasteiger partial charge in [0.1, 0.15) is 0 Å². The number of rotatable bonds is 7. The van der Waals surface area contributed by atoms with Crippen molar-refractivity contribution in [1.29, 1.82) is 0 Å². The summed E-state index contributed by atoms with van der Waals surface area (Å²) < 4.78 is 0. The van der Waals surface area contributed by atoms with E-state index >= 15 is 0 Å². The maximum atomic E-state index is 12.3. The van der Waals surface area contributed by atoms with Crippen molar-refractivity contribution in [2.45, 2.75) is 32.4 Å². The minimum Gasteiger partial charge on any atom is -0.356 e. The molecule has 0 aliphatic carbocycles. The number of hydrogen-bond acceptors (Lipinski definition) is 4.